The third-order valence-electron chi connectivity index (χ3n) is 2.85. The van der Waals surface area contributed by atoms with Crippen molar-refractivity contribution in [2.45, 2.75) is 61.3 Å². The molecule has 0 aliphatic carbocycles. The van der Waals surface area contributed by atoms with Gasteiger partial charge in [0.25, 0.3) is 0 Å². The summed E-state index contributed by atoms with van der Waals surface area (Å²) in [7, 11) is 0. The smallest absolute Gasteiger partial charge is 0.135 e. The van der Waals surface area contributed by atoms with Gasteiger partial charge >= 0.3 is 0 Å². The summed E-state index contributed by atoms with van der Waals surface area (Å²) in [5.74, 6) is 0. The van der Waals surface area contributed by atoms with E-state index in [1.54, 1.807) is 0 Å². The van der Waals surface area contributed by atoms with Gasteiger partial charge in [-0.1, -0.05) is 85.2 Å². The maximum absolute atomic E-state index is 5.79. The Hall–Kier alpha value is -1.76. The van der Waals surface area contributed by atoms with Crippen molar-refractivity contribution in [3.05, 3.63) is 48.0 Å². The summed E-state index contributed by atoms with van der Waals surface area (Å²) in [5.41, 5.74) is 3.29. The first-order chi connectivity index (χ1) is 10.8. The molecule has 0 atom stereocenters. The molecule has 22 heavy (non-hydrogen) atoms. The molecule has 0 saturated heterocycles. The zero-order valence-electron chi connectivity index (χ0n) is 15.4. The molecule has 0 unspecified atom stereocenters. The zero-order chi connectivity index (χ0) is 17.0. The molecular weight excluding hydrogens is 268 g/mol. The maximum Gasteiger partial charge on any atom is 0.135 e. The first-order valence-electron chi connectivity index (χ1n) is 8.70. The van der Waals surface area contributed by atoms with Gasteiger partial charge in [-0.2, -0.15) is 0 Å². The molecule has 0 bridgehead atoms. The normalized spacial score (nSPS) is 9.05. The Balaban J connectivity index is 0.000000553. The van der Waals surface area contributed by atoms with Crippen molar-refractivity contribution in [1.82, 2.24) is 0 Å². The molecule has 1 heteroatoms. The van der Waals surface area contributed by atoms with E-state index >= 15 is 0 Å². The summed E-state index contributed by atoms with van der Waals surface area (Å²) in [6.07, 6.45) is 2.30. The van der Waals surface area contributed by atoms with Crippen LogP contribution in [0.5, 0.6) is 0 Å². The number of para-hydroxylation sites is 1. The average molecular weight is 300 g/mol. The number of hydrogen-bond donors (Lipinski definition) is 0. The molecule has 1 aromatic heterocycles. The van der Waals surface area contributed by atoms with E-state index in [9.17, 15) is 0 Å². The molecule has 2 aromatic carbocycles. The monoisotopic (exact) mass is 300 g/mol. The summed E-state index contributed by atoms with van der Waals surface area (Å²) < 4.78 is 5.79. The van der Waals surface area contributed by atoms with E-state index in [1.165, 1.54) is 22.8 Å². The summed E-state index contributed by atoms with van der Waals surface area (Å²) >= 11 is 0. The fourth-order valence-corrected chi connectivity index (χ4v) is 1.99. The molecular formula is C21H32O. The van der Waals surface area contributed by atoms with Crippen LogP contribution in [-0.2, 0) is 6.42 Å². The van der Waals surface area contributed by atoms with Crippen LogP contribution in [0.25, 0.3) is 21.9 Å². The largest absolute Gasteiger partial charge is 0.456 e. The third-order valence-corrected chi connectivity index (χ3v) is 2.85. The van der Waals surface area contributed by atoms with Crippen LogP contribution in [0.15, 0.2) is 46.9 Å². The standard InChI is InChI=1S/C14H12O.C3H8.2C2H6/c1-2-10-7-8-12-11-5-3-4-6-13(11)15-14(12)9-10;1-3-2;2*1-2/h3-9H,2H2,1H3;3H2,1-2H3;2*1-2H3. The van der Waals surface area contributed by atoms with Crippen LogP contribution in [0.1, 0.15) is 60.5 Å². The van der Waals surface area contributed by atoms with Gasteiger partial charge in [0.1, 0.15) is 11.2 Å². The van der Waals surface area contributed by atoms with Crippen molar-refractivity contribution in [3.8, 4) is 0 Å². The van der Waals surface area contributed by atoms with Gasteiger partial charge in [-0.15, -0.1) is 0 Å². The van der Waals surface area contributed by atoms with Crippen LogP contribution in [0.3, 0.4) is 0 Å². The quantitative estimate of drug-likeness (QED) is 0.450. The van der Waals surface area contributed by atoms with E-state index in [0.717, 1.165) is 17.6 Å². The number of aryl methyl sites for hydroxylation is 1. The van der Waals surface area contributed by atoms with Crippen molar-refractivity contribution < 1.29 is 4.42 Å². The van der Waals surface area contributed by atoms with Crippen molar-refractivity contribution in [2.24, 2.45) is 0 Å². The molecule has 3 aromatic rings. The van der Waals surface area contributed by atoms with Crippen molar-refractivity contribution in [3.63, 3.8) is 0 Å². The van der Waals surface area contributed by atoms with Gasteiger partial charge in [-0.05, 0) is 24.1 Å². The molecule has 0 aliphatic heterocycles. The molecule has 0 spiro atoms. The van der Waals surface area contributed by atoms with Gasteiger partial charge in [-0.25, -0.2) is 0 Å². The van der Waals surface area contributed by atoms with Crippen LogP contribution in [0, 0.1) is 0 Å². The molecule has 0 N–H and O–H groups in total. The lowest BCUT2D eigenvalue weighted by molar-refractivity contribution is 0.668. The maximum atomic E-state index is 5.79. The molecule has 0 fully saturated rings. The first kappa shape index (κ1) is 20.2. The Morgan fingerprint density at radius 3 is 1.86 bits per heavy atom. The van der Waals surface area contributed by atoms with Gasteiger partial charge in [-0.3, -0.25) is 0 Å². The lowest BCUT2D eigenvalue weighted by Gasteiger charge is -1.94. The average Bonchev–Trinajstić information content (AvgIpc) is 2.96. The SMILES string of the molecule is CC.CC.CCC.CCc1ccc2c(c1)oc1ccccc12. The third kappa shape index (κ3) is 5.22. The predicted octanol–water partition coefficient (Wildman–Crippen LogP) is 7.62. The van der Waals surface area contributed by atoms with Crippen LogP contribution in [0.2, 0.25) is 0 Å². The van der Waals surface area contributed by atoms with E-state index < -0.39 is 0 Å². The van der Waals surface area contributed by atoms with Crippen LogP contribution >= 0.6 is 0 Å². The van der Waals surface area contributed by atoms with Gasteiger partial charge in [0, 0.05) is 10.8 Å². The number of rotatable bonds is 1. The van der Waals surface area contributed by atoms with E-state index in [4.69, 9.17) is 4.42 Å². The molecule has 122 valence electrons. The Bertz CT molecular complexity index is 634. The lowest BCUT2D eigenvalue weighted by atomic mass is 10.1. The number of fused-ring (bicyclic) bond motifs is 3. The summed E-state index contributed by atoms with van der Waals surface area (Å²) in [5, 5.41) is 2.41. The summed E-state index contributed by atoms with van der Waals surface area (Å²) in [4.78, 5) is 0. The molecule has 1 heterocycles. The highest BCUT2D eigenvalue weighted by Gasteiger charge is 2.05. The minimum atomic E-state index is 0.973. The highest BCUT2D eigenvalue weighted by Crippen LogP contribution is 2.28. The molecule has 1 nitrogen and oxygen atoms in total. The van der Waals surface area contributed by atoms with E-state index in [-0.39, 0.29) is 0 Å². The second-order valence-corrected chi connectivity index (χ2v) is 4.49. The Kier molecular flexibility index (Phi) is 10.9. The number of hydrogen-bond acceptors (Lipinski definition) is 1. The summed E-state index contributed by atoms with van der Waals surface area (Å²) in [6, 6.07) is 14.6. The van der Waals surface area contributed by atoms with Crippen molar-refractivity contribution in [1.29, 1.82) is 0 Å². The number of furan rings is 1. The lowest BCUT2D eigenvalue weighted by Crippen LogP contribution is -1.76. The van der Waals surface area contributed by atoms with Crippen LogP contribution in [-0.4, -0.2) is 0 Å². The van der Waals surface area contributed by atoms with Gasteiger partial charge < -0.3 is 4.42 Å². The molecule has 0 amide bonds. The molecule has 0 saturated carbocycles. The van der Waals surface area contributed by atoms with Gasteiger partial charge in [0.05, 0.1) is 0 Å². The van der Waals surface area contributed by atoms with E-state index in [2.05, 4.69) is 45.0 Å². The highest BCUT2D eigenvalue weighted by atomic mass is 16.3. The second kappa shape index (κ2) is 11.9. The number of benzene rings is 2. The fourth-order valence-electron chi connectivity index (χ4n) is 1.99. The van der Waals surface area contributed by atoms with Gasteiger partial charge in [0.2, 0.25) is 0 Å². The Morgan fingerprint density at radius 1 is 0.727 bits per heavy atom. The first-order valence-corrected chi connectivity index (χ1v) is 8.70. The minimum Gasteiger partial charge on any atom is -0.456 e. The van der Waals surface area contributed by atoms with Crippen molar-refractivity contribution in [2.75, 3.05) is 0 Å². The molecule has 0 radical (unpaired) electrons. The van der Waals surface area contributed by atoms with E-state index in [0.29, 0.717) is 0 Å². The Morgan fingerprint density at radius 2 is 1.27 bits per heavy atom. The molecule has 3 rings (SSSR count). The summed E-state index contributed by atoms with van der Waals surface area (Å²) in [6.45, 7) is 14.4. The molecule has 0 aliphatic rings. The van der Waals surface area contributed by atoms with Crippen LogP contribution < -0.4 is 0 Å². The fraction of sp³-hybridized carbons (Fsp3) is 0.429. The predicted molar refractivity (Wildman–Crippen MR) is 102 cm³/mol. The topological polar surface area (TPSA) is 13.1 Å². The van der Waals surface area contributed by atoms with E-state index in [1.807, 2.05) is 45.9 Å². The van der Waals surface area contributed by atoms with Gasteiger partial charge in [0.15, 0.2) is 0 Å². The highest BCUT2D eigenvalue weighted by molar-refractivity contribution is 6.04. The Labute approximate surface area is 136 Å². The zero-order valence-corrected chi connectivity index (χ0v) is 15.4. The minimum absolute atomic E-state index is 0.973. The van der Waals surface area contributed by atoms with Crippen LogP contribution in [0.4, 0.5) is 0 Å². The van der Waals surface area contributed by atoms with Crippen molar-refractivity contribution >= 4 is 21.9 Å². The second-order valence-electron chi connectivity index (χ2n) is 4.49.